The molecular weight excluding hydrogens is 194 g/mol. The Kier molecular flexibility index (Phi) is 4.52. The fourth-order valence-electron chi connectivity index (χ4n) is 0.911. The van der Waals surface area contributed by atoms with Crippen LogP contribution in [0.2, 0.25) is 0 Å². The normalized spacial score (nSPS) is 12.9. The minimum Gasteiger partial charge on any atom is -0.466 e. The molecule has 0 atom stereocenters. The van der Waals surface area contributed by atoms with E-state index in [1.807, 2.05) is 20.8 Å². The van der Waals surface area contributed by atoms with E-state index in [2.05, 4.69) is 10.1 Å². The van der Waals surface area contributed by atoms with Gasteiger partial charge in [-0.05, 0) is 34.6 Å². The molecule has 0 unspecified atom stereocenters. The van der Waals surface area contributed by atoms with E-state index in [-0.39, 0.29) is 11.4 Å². The second-order valence-electron chi connectivity index (χ2n) is 4.45. The lowest BCUT2D eigenvalue weighted by molar-refractivity contribution is -0.136. The van der Waals surface area contributed by atoms with Crippen molar-refractivity contribution < 1.29 is 14.3 Å². The van der Waals surface area contributed by atoms with E-state index < -0.39 is 5.97 Å². The first-order valence-corrected chi connectivity index (χ1v) is 4.77. The smallest absolute Gasteiger partial charge is 0.333 e. The van der Waals surface area contributed by atoms with E-state index in [0.29, 0.717) is 11.1 Å². The Balaban J connectivity index is 4.78. The maximum absolute atomic E-state index is 11.6. The summed E-state index contributed by atoms with van der Waals surface area (Å²) in [4.78, 5) is 22.8. The SMILES string of the molecule is COC(=O)/C(C)=C(/C)C(=O)NC(C)(C)C. The second-order valence-corrected chi connectivity index (χ2v) is 4.45. The molecule has 0 aromatic heterocycles. The lowest BCUT2D eigenvalue weighted by atomic mass is 10.1. The fourth-order valence-corrected chi connectivity index (χ4v) is 0.911. The third-order valence-corrected chi connectivity index (χ3v) is 1.88. The van der Waals surface area contributed by atoms with Gasteiger partial charge in [0.25, 0.3) is 0 Å². The zero-order valence-corrected chi connectivity index (χ0v) is 10.2. The molecular formula is C11H19NO3. The van der Waals surface area contributed by atoms with E-state index in [1.165, 1.54) is 7.11 Å². The summed E-state index contributed by atoms with van der Waals surface area (Å²) in [6.45, 7) is 8.82. The van der Waals surface area contributed by atoms with Crippen molar-refractivity contribution in [2.24, 2.45) is 0 Å². The van der Waals surface area contributed by atoms with Crippen LogP contribution < -0.4 is 5.32 Å². The molecule has 0 saturated carbocycles. The number of methoxy groups -OCH3 is 1. The van der Waals surface area contributed by atoms with Gasteiger partial charge in [0.15, 0.2) is 0 Å². The number of hydrogen-bond acceptors (Lipinski definition) is 3. The van der Waals surface area contributed by atoms with Crippen molar-refractivity contribution in [3.8, 4) is 0 Å². The lowest BCUT2D eigenvalue weighted by Crippen LogP contribution is -2.41. The van der Waals surface area contributed by atoms with Crippen LogP contribution in [0.4, 0.5) is 0 Å². The van der Waals surface area contributed by atoms with Gasteiger partial charge in [0.1, 0.15) is 0 Å². The van der Waals surface area contributed by atoms with E-state index in [4.69, 9.17) is 0 Å². The van der Waals surface area contributed by atoms with Crippen LogP contribution in [-0.4, -0.2) is 24.5 Å². The molecule has 0 fully saturated rings. The third kappa shape index (κ3) is 4.63. The highest BCUT2D eigenvalue weighted by Gasteiger charge is 2.18. The summed E-state index contributed by atoms with van der Waals surface area (Å²) in [7, 11) is 1.29. The van der Waals surface area contributed by atoms with Gasteiger partial charge in [-0.1, -0.05) is 0 Å². The van der Waals surface area contributed by atoms with Crippen molar-refractivity contribution in [1.82, 2.24) is 5.32 Å². The average Bonchev–Trinajstić information content (AvgIpc) is 2.11. The van der Waals surface area contributed by atoms with Crippen LogP contribution in [0.25, 0.3) is 0 Å². The third-order valence-electron chi connectivity index (χ3n) is 1.88. The molecule has 15 heavy (non-hydrogen) atoms. The number of carbonyl (C=O) groups is 2. The minimum absolute atomic E-state index is 0.245. The predicted octanol–water partition coefficient (Wildman–Crippen LogP) is 1.41. The van der Waals surface area contributed by atoms with E-state index in [1.54, 1.807) is 13.8 Å². The summed E-state index contributed by atoms with van der Waals surface area (Å²) >= 11 is 0. The van der Waals surface area contributed by atoms with Crippen molar-refractivity contribution in [2.75, 3.05) is 7.11 Å². The minimum atomic E-state index is -0.475. The van der Waals surface area contributed by atoms with Crippen molar-refractivity contribution in [3.63, 3.8) is 0 Å². The zero-order valence-electron chi connectivity index (χ0n) is 10.2. The predicted molar refractivity (Wildman–Crippen MR) is 58.3 cm³/mol. The summed E-state index contributed by atoms with van der Waals surface area (Å²) in [5, 5.41) is 2.77. The highest BCUT2D eigenvalue weighted by atomic mass is 16.5. The molecule has 0 radical (unpaired) electrons. The first-order chi connectivity index (χ1) is 6.69. The summed E-state index contributed by atoms with van der Waals surface area (Å²) in [5.41, 5.74) is 0.408. The Hall–Kier alpha value is -1.32. The van der Waals surface area contributed by atoms with Gasteiger partial charge in [-0.2, -0.15) is 0 Å². The molecule has 86 valence electrons. The Bertz CT molecular complexity index is 297. The maximum atomic E-state index is 11.6. The highest BCUT2D eigenvalue weighted by molar-refractivity contribution is 6.02. The topological polar surface area (TPSA) is 55.4 Å². The van der Waals surface area contributed by atoms with Crippen LogP contribution in [0.1, 0.15) is 34.6 Å². The molecule has 0 aromatic carbocycles. The first kappa shape index (κ1) is 13.7. The first-order valence-electron chi connectivity index (χ1n) is 4.77. The van der Waals surface area contributed by atoms with Crippen molar-refractivity contribution in [1.29, 1.82) is 0 Å². The van der Waals surface area contributed by atoms with Gasteiger partial charge in [0, 0.05) is 16.7 Å². The Labute approximate surface area is 90.7 Å². The Morgan fingerprint density at radius 1 is 1.07 bits per heavy atom. The lowest BCUT2D eigenvalue weighted by Gasteiger charge is -2.21. The van der Waals surface area contributed by atoms with Crippen LogP contribution in [-0.2, 0) is 14.3 Å². The van der Waals surface area contributed by atoms with Gasteiger partial charge >= 0.3 is 5.97 Å². The number of esters is 1. The molecule has 0 aliphatic carbocycles. The van der Waals surface area contributed by atoms with E-state index in [0.717, 1.165) is 0 Å². The summed E-state index contributed by atoms with van der Waals surface area (Å²) in [6, 6.07) is 0. The monoisotopic (exact) mass is 213 g/mol. The molecule has 0 saturated heterocycles. The molecule has 1 amide bonds. The summed E-state index contributed by atoms with van der Waals surface area (Å²) in [6.07, 6.45) is 0. The molecule has 0 aromatic rings. The molecule has 0 aliphatic rings. The van der Waals surface area contributed by atoms with Crippen molar-refractivity contribution >= 4 is 11.9 Å². The molecule has 0 heterocycles. The van der Waals surface area contributed by atoms with Crippen LogP contribution >= 0.6 is 0 Å². The molecule has 0 spiro atoms. The van der Waals surface area contributed by atoms with Crippen LogP contribution in [0.5, 0.6) is 0 Å². The molecule has 0 aliphatic heterocycles. The average molecular weight is 213 g/mol. The van der Waals surface area contributed by atoms with Crippen LogP contribution in [0.3, 0.4) is 0 Å². The van der Waals surface area contributed by atoms with Gasteiger partial charge in [0.05, 0.1) is 7.11 Å². The van der Waals surface area contributed by atoms with Crippen molar-refractivity contribution in [2.45, 2.75) is 40.2 Å². The van der Waals surface area contributed by atoms with Crippen LogP contribution in [0.15, 0.2) is 11.1 Å². The molecule has 4 nitrogen and oxygen atoms in total. The van der Waals surface area contributed by atoms with Gasteiger partial charge in [0.2, 0.25) is 5.91 Å². The summed E-state index contributed by atoms with van der Waals surface area (Å²) < 4.78 is 4.54. The molecule has 4 heteroatoms. The van der Waals surface area contributed by atoms with Crippen molar-refractivity contribution in [3.05, 3.63) is 11.1 Å². The van der Waals surface area contributed by atoms with E-state index in [9.17, 15) is 9.59 Å². The fraction of sp³-hybridized carbons (Fsp3) is 0.636. The largest absolute Gasteiger partial charge is 0.466 e. The number of rotatable bonds is 2. The standard InChI is InChI=1S/C11H19NO3/c1-7(8(2)10(14)15-6)9(13)12-11(3,4)5/h1-6H3,(H,12,13)/b8-7-. The summed E-state index contributed by atoms with van der Waals surface area (Å²) in [5.74, 6) is -0.720. The van der Waals surface area contributed by atoms with Crippen LogP contribution in [0, 0.1) is 0 Å². The maximum Gasteiger partial charge on any atom is 0.333 e. The number of hydrogen-bond donors (Lipinski definition) is 1. The Morgan fingerprint density at radius 3 is 1.87 bits per heavy atom. The molecule has 1 N–H and O–H groups in total. The number of ether oxygens (including phenoxy) is 1. The van der Waals surface area contributed by atoms with Gasteiger partial charge in [-0.3, -0.25) is 4.79 Å². The quantitative estimate of drug-likeness (QED) is 0.557. The number of nitrogens with one attached hydrogen (secondary N) is 1. The van der Waals surface area contributed by atoms with Gasteiger partial charge < -0.3 is 10.1 Å². The van der Waals surface area contributed by atoms with Gasteiger partial charge in [-0.25, -0.2) is 4.79 Å². The van der Waals surface area contributed by atoms with E-state index >= 15 is 0 Å². The highest BCUT2D eigenvalue weighted by Crippen LogP contribution is 2.08. The Morgan fingerprint density at radius 2 is 1.53 bits per heavy atom. The number of amides is 1. The number of carbonyl (C=O) groups excluding carboxylic acids is 2. The second kappa shape index (κ2) is 4.96. The molecule has 0 bridgehead atoms. The zero-order chi connectivity index (χ0) is 12.2. The van der Waals surface area contributed by atoms with Gasteiger partial charge in [-0.15, -0.1) is 0 Å². The molecule has 0 rings (SSSR count).